The van der Waals surface area contributed by atoms with Crippen LogP contribution in [-0.2, 0) is 16.4 Å². The van der Waals surface area contributed by atoms with Gasteiger partial charge in [0.25, 0.3) is 0 Å². The summed E-state index contributed by atoms with van der Waals surface area (Å²) in [6, 6.07) is 9.58. The Labute approximate surface area is 213 Å². The van der Waals surface area contributed by atoms with E-state index in [0.717, 1.165) is 0 Å². The Kier molecular flexibility index (Phi) is 6.91. The van der Waals surface area contributed by atoms with E-state index in [1.54, 1.807) is 36.8 Å². The summed E-state index contributed by atoms with van der Waals surface area (Å²) >= 11 is 0. The Morgan fingerprint density at radius 3 is 2.59 bits per heavy atom. The van der Waals surface area contributed by atoms with Gasteiger partial charge in [0.05, 0.1) is 25.4 Å². The van der Waals surface area contributed by atoms with Crippen LogP contribution in [0.1, 0.15) is 6.42 Å². The number of ether oxygens (including phenoxy) is 4. The zero-order chi connectivity index (χ0) is 25.8. The molecule has 3 heterocycles. The van der Waals surface area contributed by atoms with Crippen LogP contribution in [0.2, 0.25) is 0 Å². The number of sulfone groups is 1. The molecule has 0 spiro atoms. The summed E-state index contributed by atoms with van der Waals surface area (Å²) in [6.07, 6.45) is 5.99. The van der Waals surface area contributed by atoms with Gasteiger partial charge in [-0.25, -0.2) is 13.4 Å². The number of anilines is 1. The number of imidazole rings is 1. The average Bonchev–Trinajstić information content (AvgIpc) is 3.61. The van der Waals surface area contributed by atoms with E-state index in [1.807, 2.05) is 10.8 Å². The topological polar surface area (TPSA) is 127 Å². The number of nitrogens with one attached hydrogen (secondary N) is 1. The number of benzene rings is 2. The lowest BCUT2D eigenvalue weighted by Gasteiger charge is -2.18. The summed E-state index contributed by atoms with van der Waals surface area (Å²) < 4.78 is 57.1. The quantitative estimate of drug-likeness (QED) is 0.306. The predicted molar refractivity (Wildman–Crippen MR) is 133 cm³/mol. The highest BCUT2D eigenvalue weighted by Gasteiger charge is 2.30. The zero-order valence-electron chi connectivity index (χ0n) is 20.3. The highest BCUT2D eigenvalue weighted by molar-refractivity contribution is 7.91. The van der Waals surface area contributed by atoms with E-state index in [4.69, 9.17) is 23.4 Å². The van der Waals surface area contributed by atoms with Crippen LogP contribution in [0.25, 0.3) is 11.5 Å². The van der Waals surface area contributed by atoms with Gasteiger partial charge >= 0.3 is 0 Å². The van der Waals surface area contributed by atoms with Gasteiger partial charge in [0.1, 0.15) is 13.2 Å². The van der Waals surface area contributed by atoms with Crippen LogP contribution in [0.5, 0.6) is 23.0 Å². The summed E-state index contributed by atoms with van der Waals surface area (Å²) in [5.74, 6) is 2.02. The molecule has 0 atom stereocenters. The van der Waals surface area contributed by atoms with Crippen LogP contribution < -0.4 is 24.3 Å². The van der Waals surface area contributed by atoms with Gasteiger partial charge in [-0.3, -0.25) is 0 Å². The number of aromatic nitrogens is 3. The van der Waals surface area contributed by atoms with E-state index in [9.17, 15) is 8.42 Å². The van der Waals surface area contributed by atoms with E-state index in [2.05, 4.69) is 15.3 Å². The summed E-state index contributed by atoms with van der Waals surface area (Å²) in [7, 11) is -1.02. The SMILES string of the molecule is COc1ccc(-c2nc(S(=O)(=O)c3ccc4c(c3)OCCO4)c(NCCCn3ccnc3)o2)cc1OC. The fourth-order valence-corrected chi connectivity index (χ4v) is 5.17. The first-order valence-corrected chi connectivity index (χ1v) is 13.1. The number of rotatable bonds is 10. The number of hydrogen-bond acceptors (Lipinski definition) is 10. The molecule has 1 N–H and O–H groups in total. The molecule has 0 radical (unpaired) electrons. The lowest BCUT2D eigenvalue weighted by atomic mass is 10.2. The third kappa shape index (κ3) is 5.05. The summed E-state index contributed by atoms with van der Waals surface area (Å²) in [6.45, 7) is 1.90. The molecule has 1 aliphatic heterocycles. The van der Waals surface area contributed by atoms with Gasteiger partial charge in [-0.2, -0.15) is 4.98 Å². The van der Waals surface area contributed by atoms with Gasteiger partial charge in [-0.05, 0) is 36.8 Å². The third-order valence-corrected chi connectivity index (χ3v) is 7.40. The number of fused-ring (bicyclic) bond motifs is 1. The molecule has 0 unspecified atom stereocenters. The molecule has 0 amide bonds. The maximum atomic E-state index is 13.7. The predicted octanol–water partition coefficient (Wildman–Crippen LogP) is 3.66. The van der Waals surface area contributed by atoms with Crippen LogP contribution in [0.15, 0.2) is 69.5 Å². The first kappa shape index (κ1) is 24.5. The van der Waals surface area contributed by atoms with Crippen molar-refractivity contribution in [2.45, 2.75) is 22.9 Å². The zero-order valence-corrected chi connectivity index (χ0v) is 21.2. The van der Waals surface area contributed by atoms with Crippen molar-refractivity contribution in [2.75, 3.05) is 39.3 Å². The van der Waals surface area contributed by atoms with Crippen molar-refractivity contribution in [1.82, 2.24) is 14.5 Å². The molecule has 12 heteroatoms. The number of aryl methyl sites for hydroxylation is 1. The van der Waals surface area contributed by atoms with Crippen molar-refractivity contribution < 1.29 is 31.8 Å². The van der Waals surface area contributed by atoms with Crippen molar-refractivity contribution in [2.24, 2.45) is 0 Å². The molecular weight excluding hydrogens is 500 g/mol. The lowest BCUT2D eigenvalue weighted by Crippen LogP contribution is -2.16. The Balaban J connectivity index is 1.49. The monoisotopic (exact) mass is 526 g/mol. The summed E-state index contributed by atoms with van der Waals surface area (Å²) in [4.78, 5) is 8.45. The Hall–Kier alpha value is -4.19. The van der Waals surface area contributed by atoms with E-state index in [1.165, 1.54) is 26.4 Å². The standard InChI is InChI=1S/C25H26N4O7S/c1-32-19-6-4-17(14-21(19)33-2)23-28-25(24(36-23)27-8-3-10-29-11-9-26-16-29)37(30,31)18-5-7-20-22(15-18)35-13-12-34-20/h4-7,9,11,14-16,27H,3,8,10,12-13H2,1-2H3. The van der Waals surface area contributed by atoms with Gasteiger partial charge in [0.2, 0.25) is 26.6 Å². The number of oxazole rings is 1. The number of hydrogen-bond donors (Lipinski definition) is 1. The summed E-state index contributed by atoms with van der Waals surface area (Å²) in [5, 5.41) is 2.88. The first-order valence-electron chi connectivity index (χ1n) is 11.6. The van der Waals surface area contributed by atoms with Crippen LogP contribution >= 0.6 is 0 Å². The van der Waals surface area contributed by atoms with Gasteiger partial charge in [0, 0.05) is 37.1 Å². The van der Waals surface area contributed by atoms with E-state index in [0.29, 0.717) is 61.3 Å². The average molecular weight is 527 g/mol. The second-order valence-electron chi connectivity index (χ2n) is 8.11. The Morgan fingerprint density at radius 1 is 1.03 bits per heavy atom. The summed E-state index contributed by atoms with van der Waals surface area (Å²) in [5.41, 5.74) is 0.530. The molecule has 0 bridgehead atoms. The van der Waals surface area contributed by atoms with Gasteiger partial charge in [-0.1, -0.05) is 0 Å². The molecule has 2 aromatic heterocycles. The molecule has 0 saturated heterocycles. The number of methoxy groups -OCH3 is 2. The minimum Gasteiger partial charge on any atom is -0.493 e. The maximum absolute atomic E-state index is 13.7. The van der Waals surface area contributed by atoms with E-state index in [-0.39, 0.29) is 21.7 Å². The highest BCUT2D eigenvalue weighted by Crippen LogP contribution is 2.38. The molecule has 1 aliphatic rings. The van der Waals surface area contributed by atoms with E-state index >= 15 is 0 Å². The highest BCUT2D eigenvalue weighted by atomic mass is 32.2. The van der Waals surface area contributed by atoms with Gasteiger partial charge < -0.3 is 33.2 Å². The molecule has 0 saturated carbocycles. The molecule has 0 aliphatic carbocycles. The van der Waals surface area contributed by atoms with E-state index < -0.39 is 9.84 Å². The van der Waals surface area contributed by atoms with Crippen LogP contribution in [0, 0.1) is 0 Å². The van der Waals surface area contributed by atoms with Crippen molar-refractivity contribution in [3.05, 3.63) is 55.1 Å². The second kappa shape index (κ2) is 10.4. The molecule has 194 valence electrons. The van der Waals surface area contributed by atoms with Crippen LogP contribution in [0.4, 0.5) is 5.88 Å². The molecule has 37 heavy (non-hydrogen) atoms. The molecule has 2 aromatic carbocycles. The third-order valence-electron chi connectivity index (χ3n) is 5.74. The second-order valence-corrected chi connectivity index (χ2v) is 9.98. The van der Waals surface area contributed by atoms with Crippen molar-refractivity contribution >= 4 is 15.7 Å². The Morgan fingerprint density at radius 2 is 1.84 bits per heavy atom. The number of nitrogens with zero attached hydrogens (tertiary/aromatic N) is 3. The van der Waals surface area contributed by atoms with Crippen LogP contribution in [0.3, 0.4) is 0 Å². The fourth-order valence-electron chi connectivity index (χ4n) is 3.88. The maximum Gasteiger partial charge on any atom is 0.233 e. The smallest absolute Gasteiger partial charge is 0.233 e. The minimum atomic E-state index is -4.07. The van der Waals surface area contributed by atoms with Crippen molar-refractivity contribution in [3.63, 3.8) is 0 Å². The molecular formula is C25H26N4O7S. The van der Waals surface area contributed by atoms with Gasteiger partial charge in [0.15, 0.2) is 23.0 Å². The van der Waals surface area contributed by atoms with Gasteiger partial charge in [-0.15, -0.1) is 0 Å². The molecule has 11 nitrogen and oxygen atoms in total. The van der Waals surface area contributed by atoms with Crippen molar-refractivity contribution in [3.8, 4) is 34.5 Å². The normalized spacial score (nSPS) is 12.8. The fraction of sp³-hybridized carbons (Fsp3) is 0.280. The largest absolute Gasteiger partial charge is 0.493 e. The molecule has 4 aromatic rings. The molecule has 5 rings (SSSR count). The lowest BCUT2D eigenvalue weighted by molar-refractivity contribution is 0.171. The van der Waals surface area contributed by atoms with Crippen molar-refractivity contribution in [1.29, 1.82) is 0 Å². The Bertz CT molecular complexity index is 1480. The van der Waals surface area contributed by atoms with Crippen LogP contribution in [-0.4, -0.2) is 56.9 Å². The minimum absolute atomic E-state index is 0.0189. The molecule has 0 fully saturated rings. The first-order chi connectivity index (χ1) is 18.0.